The highest BCUT2D eigenvalue weighted by Crippen LogP contribution is 2.27. The van der Waals surface area contributed by atoms with E-state index in [0.29, 0.717) is 16.8 Å². The Labute approximate surface area is 142 Å². The Balaban J connectivity index is 2.09. The number of aryl methyl sites for hydroxylation is 1. The molecule has 0 atom stereocenters. The molecule has 2 aromatic rings. The first-order chi connectivity index (χ1) is 11.4. The number of aromatic carboxylic acids is 1. The van der Waals surface area contributed by atoms with Crippen molar-refractivity contribution >= 4 is 40.0 Å². The number of ether oxygens (including phenoxy) is 1. The number of thiophene rings is 1. The molecule has 0 bridgehead atoms. The second-order valence-electron chi connectivity index (χ2n) is 4.81. The molecule has 126 valence electrons. The Morgan fingerprint density at radius 2 is 2.00 bits per heavy atom. The fourth-order valence-electron chi connectivity index (χ4n) is 2.01. The maximum atomic E-state index is 12.0. The first kappa shape index (κ1) is 17.5. The Bertz CT molecular complexity index is 785. The highest BCUT2D eigenvalue weighted by atomic mass is 32.1. The zero-order valence-corrected chi connectivity index (χ0v) is 13.9. The lowest BCUT2D eigenvalue weighted by Crippen LogP contribution is -2.20. The molecule has 0 aliphatic carbocycles. The maximum Gasteiger partial charge on any atom is 0.338 e. The second-order valence-corrected chi connectivity index (χ2v) is 5.69. The van der Waals surface area contributed by atoms with Gasteiger partial charge in [-0.25, -0.2) is 14.4 Å². The molecular formula is C16H16N2O5S. The number of amides is 2. The van der Waals surface area contributed by atoms with Crippen LogP contribution in [0.15, 0.2) is 29.6 Å². The van der Waals surface area contributed by atoms with Crippen molar-refractivity contribution in [2.24, 2.45) is 0 Å². The molecule has 0 spiro atoms. The van der Waals surface area contributed by atoms with Crippen molar-refractivity contribution in [1.29, 1.82) is 0 Å². The molecule has 0 saturated heterocycles. The molecule has 2 rings (SSSR count). The Morgan fingerprint density at radius 1 is 1.25 bits per heavy atom. The maximum absolute atomic E-state index is 12.0. The molecular weight excluding hydrogens is 332 g/mol. The summed E-state index contributed by atoms with van der Waals surface area (Å²) in [5.41, 5.74) is 1.35. The van der Waals surface area contributed by atoms with Crippen LogP contribution in [0.1, 0.15) is 33.2 Å². The summed E-state index contributed by atoms with van der Waals surface area (Å²) in [6.07, 6.45) is 0. The predicted octanol–water partition coefficient (Wildman–Crippen LogP) is 3.58. The molecule has 0 saturated carbocycles. The van der Waals surface area contributed by atoms with E-state index in [9.17, 15) is 14.4 Å². The predicted molar refractivity (Wildman–Crippen MR) is 91.1 cm³/mol. The number of hydrogen-bond donors (Lipinski definition) is 3. The number of carboxylic acid groups (broad SMARTS) is 1. The molecule has 1 aromatic carbocycles. The first-order valence-electron chi connectivity index (χ1n) is 7.09. The third kappa shape index (κ3) is 4.11. The van der Waals surface area contributed by atoms with E-state index in [0.717, 1.165) is 11.3 Å². The molecule has 8 heteroatoms. The van der Waals surface area contributed by atoms with Gasteiger partial charge in [-0.3, -0.25) is 5.32 Å². The Morgan fingerprint density at radius 3 is 2.67 bits per heavy atom. The van der Waals surface area contributed by atoms with Gasteiger partial charge in [-0.15, -0.1) is 11.3 Å². The quantitative estimate of drug-likeness (QED) is 0.716. The summed E-state index contributed by atoms with van der Waals surface area (Å²) in [5.74, 6) is -1.59. The third-order valence-corrected chi connectivity index (χ3v) is 4.06. The van der Waals surface area contributed by atoms with Crippen LogP contribution < -0.4 is 10.6 Å². The number of carboxylic acids is 1. The number of urea groups is 1. The van der Waals surface area contributed by atoms with Gasteiger partial charge in [0.1, 0.15) is 5.00 Å². The fourth-order valence-corrected chi connectivity index (χ4v) is 2.94. The van der Waals surface area contributed by atoms with Gasteiger partial charge in [0.2, 0.25) is 0 Å². The SMILES string of the molecule is CCOC(=O)c1cccc(NC(=O)Nc2scc(C)c2C(=O)O)c1. The van der Waals surface area contributed by atoms with Crippen LogP contribution >= 0.6 is 11.3 Å². The topological polar surface area (TPSA) is 105 Å². The Kier molecular flexibility index (Phi) is 5.54. The van der Waals surface area contributed by atoms with Crippen LogP contribution in [0.3, 0.4) is 0 Å². The van der Waals surface area contributed by atoms with E-state index in [2.05, 4.69) is 10.6 Å². The molecule has 24 heavy (non-hydrogen) atoms. The van der Waals surface area contributed by atoms with Crippen LogP contribution in [0.25, 0.3) is 0 Å². The molecule has 3 N–H and O–H groups in total. The normalized spacial score (nSPS) is 10.1. The van der Waals surface area contributed by atoms with Crippen LogP contribution in [-0.2, 0) is 4.74 Å². The zero-order valence-electron chi connectivity index (χ0n) is 13.1. The number of esters is 1. The van der Waals surface area contributed by atoms with Gasteiger partial charge in [0.05, 0.1) is 17.7 Å². The summed E-state index contributed by atoms with van der Waals surface area (Å²) in [6.45, 7) is 3.62. The fraction of sp³-hybridized carbons (Fsp3) is 0.188. The highest BCUT2D eigenvalue weighted by molar-refractivity contribution is 7.15. The number of carbonyl (C=O) groups excluding carboxylic acids is 2. The van der Waals surface area contributed by atoms with Crippen molar-refractivity contribution in [3.63, 3.8) is 0 Å². The number of carbonyl (C=O) groups is 3. The minimum absolute atomic E-state index is 0.0652. The standard InChI is InChI=1S/C16H16N2O5S/c1-3-23-15(21)10-5-4-6-11(7-10)17-16(22)18-13-12(14(19)20)9(2)8-24-13/h4-8H,3H2,1-2H3,(H,19,20)(H2,17,18,22). The number of anilines is 2. The number of nitrogens with one attached hydrogen (secondary N) is 2. The van der Waals surface area contributed by atoms with Crippen LogP contribution in [0.5, 0.6) is 0 Å². The smallest absolute Gasteiger partial charge is 0.338 e. The summed E-state index contributed by atoms with van der Waals surface area (Å²) in [6, 6.07) is 5.68. The van der Waals surface area contributed by atoms with Gasteiger partial charge in [0.25, 0.3) is 0 Å². The lowest BCUT2D eigenvalue weighted by Gasteiger charge is -2.08. The van der Waals surface area contributed by atoms with Crippen LogP contribution in [0.4, 0.5) is 15.5 Å². The zero-order chi connectivity index (χ0) is 17.7. The monoisotopic (exact) mass is 348 g/mol. The van der Waals surface area contributed by atoms with Crippen molar-refractivity contribution < 1.29 is 24.2 Å². The number of hydrogen-bond acceptors (Lipinski definition) is 5. The molecule has 1 heterocycles. The minimum atomic E-state index is -1.10. The lowest BCUT2D eigenvalue weighted by atomic mass is 10.2. The number of rotatable bonds is 5. The van der Waals surface area contributed by atoms with Crippen LogP contribution in [-0.4, -0.2) is 29.7 Å². The highest BCUT2D eigenvalue weighted by Gasteiger charge is 2.17. The minimum Gasteiger partial charge on any atom is -0.478 e. The van der Waals surface area contributed by atoms with Gasteiger partial charge in [-0.2, -0.15) is 0 Å². The molecule has 0 fully saturated rings. The van der Waals surface area contributed by atoms with Gasteiger partial charge in [-0.05, 0) is 43.0 Å². The second kappa shape index (κ2) is 7.60. The molecule has 0 aliphatic rings. The average molecular weight is 348 g/mol. The summed E-state index contributed by atoms with van der Waals surface area (Å²) >= 11 is 1.13. The van der Waals surface area contributed by atoms with Gasteiger partial charge in [-0.1, -0.05) is 6.07 Å². The summed E-state index contributed by atoms with van der Waals surface area (Å²) in [4.78, 5) is 34.9. The van der Waals surface area contributed by atoms with Crippen molar-refractivity contribution in [2.75, 3.05) is 17.2 Å². The summed E-state index contributed by atoms with van der Waals surface area (Å²) in [5, 5.41) is 16.1. The van der Waals surface area contributed by atoms with Crippen molar-refractivity contribution in [3.8, 4) is 0 Å². The van der Waals surface area contributed by atoms with E-state index in [-0.39, 0.29) is 17.2 Å². The van der Waals surface area contributed by atoms with E-state index >= 15 is 0 Å². The van der Waals surface area contributed by atoms with Crippen molar-refractivity contribution in [2.45, 2.75) is 13.8 Å². The van der Waals surface area contributed by atoms with Gasteiger partial charge >= 0.3 is 18.0 Å². The van der Waals surface area contributed by atoms with Crippen LogP contribution in [0, 0.1) is 6.92 Å². The van der Waals surface area contributed by atoms with Gasteiger partial charge < -0.3 is 15.2 Å². The van der Waals surface area contributed by atoms with E-state index in [1.54, 1.807) is 37.4 Å². The lowest BCUT2D eigenvalue weighted by molar-refractivity contribution is 0.0525. The summed E-state index contributed by atoms with van der Waals surface area (Å²) < 4.78 is 4.90. The molecule has 7 nitrogen and oxygen atoms in total. The molecule has 0 aliphatic heterocycles. The largest absolute Gasteiger partial charge is 0.478 e. The van der Waals surface area contributed by atoms with E-state index < -0.39 is 18.0 Å². The average Bonchev–Trinajstić information content (AvgIpc) is 2.88. The number of benzene rings is 1. The van der Waals surface area contributed by atoms with Gasteiger partial charge in [0.15, 0.2) is 0 Å². The van der Waals surface area contributed by atoms with E-state index in [4.69, 9.17) is 9.84 Å². The molecule has 0 radical (unpaired) electrons. The van der Waals surface area contributed by atoms with Gasteiger partial charge in [0, 0.05) is 5.69 Å². The van der Waals surface area contributed by atoms with E-state index in [1.807, 2.05) is 0 Å². The van der Waals surface area contributed by atoms with E-state index in [1.165, 1.54) is 6.07 Å². The summed E-state index contributed by atoms with van der Waals surface area (Å²) in [7, 11) is 0. The van der Waals surface area contributed by atoms with Crippen molar-refractivity contribution in [1.82, 2.24) is 0 Å². The Hall–Kier alpha value is -2.87. The third-order valence-electron chi connectivity index (χ3n) is 3.05. The molecule has 1 aromatic heterocycles. The van der Waals surface area contributed by atoms with Crippen LogP contribution in [0.2, 0.25) is 0 Å². The molecule has 0 unspecified atom stereocenters. The van der Waals surface area contributed by atoms with Crippen molar-refractivity contribution in [3.05, 3.63) is 46.3 Å². The first-order valence-corrected chi connectivity index (χ1v) is 7.97. The molecule has 2 amide bonds.